The molecule has 32 heavy (non-hydrogen) atoms. The van der Waals surface area contributed by atoms with Crippen molar-refractivity contribution in [1.82, 2.24) is 19.2 Å². The number of nitrogens with zero attached hydrogens (tertiary/aromatic N) is 2. The Morgan fingerprint density at radius 3 is 2.41 bits per heavy atom. The second-order valence-corrected chi connectivity index (χ2v) is 9.46. The Labute approximate surface area is 189 Å². The molecule has 0 atom stereocenters. The Morgan fingerprint density at radius 1 is 1.09 bits per heavy atom. The monoisotopic (exact) mass is 476 g/mol. The average molecular weight is 477 g/mol. The van der Waals surface area contributed by atoms with Gasteiger partial charge in [0.2, 0.25) is 10.0 Å². The highest BCUT2D eigenvalue weighted by Gasteiger charge is 2.26. The molecule has 3 aromatic rings. The number of carbonyl (C=O) groups excluding carboxylic acids is 1. The first-order valence-corrected chi connectivity index (χ1v) is 11.7. The third-order valence-corrected chi connectivity index (χ3v) is 7.29. The van der Waals surface area contributed by atoms with E-state index in [4.69, 9.17) is 17.0 Å². The van der Waals surface area contributed by atoms with Gasteiger partial charge in [0.1, 0.15) is 11.5 Å². The van der Waals surface area contributed by atoms with Crippen LogP contribution < -0.4 is 5.32 Å². The quantitative estimate of drug-likeness (QED) is 0.533. The van der Waals surface area contributed by atoms with E-state index in [2.05, 4.69) is 10.3 Å². The minimum atomic E-state index is -3.57. The first-order valence-electron chi connectivity index (χ1n) is 9.88. The number of benzene rings is 2. The number of nitrogens with one attached hydrogen (secondary N) is 2. The minimum Gasteiger partial charge on any atom is -0.379 e. The topological polar surface area (TPSA) is 96.4 Å². The fraction of sp³-hybridized carbons (Fsp3) is 0.238. The first-order chi connectivity index (χ1) is 15.4. The van der Waals surface area contributed by atoms with Gasteiger partial charge in [0, 0.05) is 31.5 Å². The van der Waals surface area contributed by atoms with Crippen molar-refractivity contribution in [3.8, 4) is 5.69 Å². The van der Waals surface area contributed by atoms with Crippen molar-refractivity contribution >= 4 is 28.1 Å². The molecule has 1 aliphatic heterocycles. The van der Waals surface area contributed by atoms with Crippen LogP contribution in [-0.4, -0.2) is 54.5 Å². The Bertz CT molecular complexity index is 1260. The molecule has 2 N–H and O–H groups in total. The van der Waals surface area contributed by atoms with Crippen LogP contribution in [0, 0.1) is 10.6 Å². The maximum absolute atomic E-state index is 13.2. The van der Waals surface area contributed by atoms with Crippen molar-refractivity contribution in [2.75, 3.05) is 26.3 Å². The van der Waals surface area contributed by atoms with E-state index in [9.17, 15) is 17.6 Å². The molecule has 11 heteroatoms. The van der Waals surface area contributed by atoms with E-state index < -0.39 is 10.0 Å². The lowest BCUT2D eigenvalue weighted by Crippen LogP contribution is -2.40. The molecule has 8 nitrogen and oxygen atoms in total. The predicted molar refractivity (Wildman–Crippen MR) is 118 cm³/mol. The van der Waals surface area contributed by atoms with Crippen LogP contribution in [0.2, 0.25) is 0 Å². The summed E-state index contributed by atoms with van der Waals surface area (Å²) in [6.45, 7) is 1.61. The van der Waals surface area contributed by atoms with Crippen LogP contribution in [0.25, 0.3) is 5.69 Å². The molecule has 1 saturated heterocycles. The van der Waals surface area contributed by atoms with Gasteiger partial charge in [0.05, 0.1) is 18.1 Å². The lowest BCUT2D eigenvalue weighted by molar-refractivity contribution is 0.0730. The van der Waals surface area contributed by atoms with E-state index in [1.807, 2.05) is 0 Å². The molecule has 1 aliphatic rings. The highest BCUT2D eigenvalue weighted by Crippen LogP contribution is 2.18. The van der Waals surface area contributed by atoms with E-state index >= 15 is 0 Å². The van der Waals surface area contributed by atoms with Gasteiger partial charge in [-0.25, -0.2) is 12.8 Å². The highest BCUT2D eigenvalue weighted by molar-refractivity contribution is 7.89. The molecule has 1 aromatic heterocycles. The summed E-state index contributed by atoms with van der Waals surface area (Å²) in [6, 6.07) is 12.0. The van der Waals surface area contributed by atoms with Gasteiger partial charge in [0.15, 0.2) is 4.77 Å². The summed E-state index contributed by atoms with van der Waals surface area (Å²) in [7, 11) is -3.57. The van der Waals surface area contributed by atoms with Crippen molar-refractivity contribution in [2.45, 2.75) is 11.4 Å². The van der Waals surface area contributed by atoms with Crippen LogP contribution in [0.1, 0.15) is 16.1 Å². The van der Waals surface area contributed by atoms with Crippen LogP contribution in [0.15, 0.2) is 59.6 Å². The normalized spacial score (nSPS) is 14.9. The second kappa shape index (κ2) is 9.33. The molecule has 2 aromatic carbocycles. The van der Waals surface area contributed by atoms with E-state index in [0.29, 0.717) is 36.8 Å². The highest BCUT2D eigenvalue weighted by atomic mass is 32.2. The Morgan fingerprint density at radius 2 is 1.75 bits per heavy atom. The third-order valence-electron chi connectivity index (χ3n) is 5.08. The van der Waals surface area contributed by atoms with Crippen molar-refractivity contribution in [3.05, 3.63) is 76.6 Å². The van der Waals surface area contributed by atoms with Gasteiger partial charge >= 0.3 is 0 Å². The summed E-state index contributed by atoms with van der Waals surface area (Å²) in [5, 5.41) is 2.80. The van der Waals surface area contributed by atoms with Crippen molar-refractivity contribution in [3.63, 3.8) is 0 Å². The molecule has 0 saturated carbocycles. The number of imidazole rings is 1. The van der Waals surface area contributed by atoms with Crippen molar-refractivity contribution in [2.24, 2.45) is 0 Å². The molecule has 1 amide bonds. The summed E-state index contributed by atoms with van der Waals surface area (Å²) in [5.41, 5.74) is 1.57. The van der Waals surface area contributed by atoms with Crippen molar-refractivity contribution < 1.29 is 22.3 Å². The zero-order valence-electron chi connectivity index (χ0n) is 17.0. The van der Waals surface area contributed by atoms with E-state index in [1.54, 1.807) is 12.1 Å². The average Bonchev–Trinajstić information content (AvgIpc) is 3.20. The number of hydrogen-bond donors (Lipinski definition) is 2. The number of sulfonamides is 1. The molecule has 4 rings (SSSR count). The smallest absolute Gasteiger partial charge is 0.270 e. The number of rotatable bonds is 6. The SMILES string of the molecule is O=C(NCc1ccc(S(=O)(=O)N2CCOCC2)cc1)c1c[nH]c(=S)n1-c1ccc(F)cc1. The van der Waals surface area contributed by atoms with E-state index in [0.717, 1.165) is 5.56 Å². The minimum absolute atomic E-state index is 0.193. The van der Waals surface area contributed by atoms with Gasteiger partial charge in [-0.15, -0.1) is 0 Å². The summed E-state index contributed by atoms with van der Waals surface area (Å²) >= 11 is 5.25. The van der Waals surface area contributed by atoms with Gasteiger partial charge in [-0.05, 0) is 54.2 Å². The maximum atomic E-state index is 13.2. The van der Waals surface area contributed by atoms with E-state index in [-0.39, 0.29) is 28.9 Å². The number of ether oxygens (including phenoxy) is 1. The number of aromatic nitrogens is 2. The number of H-pyrrole nitrogens is 1. The number of halogens is 1. The van der Waals surface area contributed by atoms with Gasteiger partial charge in [-0.3, -0.25) is 9.36 Å². The number of hydrogen-bond acceptors (Lipinski definition) is 5. The van der Waals surface area contributed by atoms with Crippen molar-refractivity contribution in [1.29, 1.82) is 0 Å². The molecule has 0 aliphatic carbocycles. The van der Waals surface area contributed by atoms with Crippen LogP contribution in [-0.2, 0) is 21.3 Å². The maximum Gasteiger partial charge on any atom is 0.270 e. The molecule has 0 bridgehead atoms. The van der Waals surface area contributed by atoms with Gasteiger partial charge < -0.3 is 15.0 Å². The molecule has 0 radical (unpaired) electrons. The summed E-state index contributed by atoms with van der Waals surface area (Å²) in [4.78, 5) is 15.8. The van der Waals surface area contributed by atoms with Crippen LogP contribution in [0.3, 0.4) is 0 Å². The predicted octanol–water partition coefficient (Wildman–Crippen LogP) is 2.62. The molecular formula is C21H21FN4O4S2. The number of carbonyl (C=O) groups is 1. The summed E-state index contributed by atoms with van der Waals surface area (Å²) in [6.07, 6.45) is 1.49. The van der Waals surface area contributed by atoms with Gasteiger partial charge in [-0.1, -0.05) is 12.1 Å². The fourth-order valence-corrected chi connectivity index (χ4v) is 5.04. The lowest BCUT2D eigenvalue weighted by atomic mass is 10.2. The Hall–Kier alpha value is -2.86. The number of amides is 1. The largest absolute Gasteiger partial charge is 0.379 e. The number of aromatic amines is 1. The first kappa shape index (κ1) is 22.3. The molecule has 0 spiro atoms. The lowest BCUT2D eigenvalue weighted by Gasteiger charge is -2.26. The van der Waals surface area contributed by atoms with Gasteiger partial charge in [-0.2, -0.15) is 4.31 Å². The van der Waals surface area contributed by atoms with Gasteiger partial charge in [0.25, 0.3) is 5.91 Å². The standard InChI is InChI=1S/C21H21FN4O4S2/c22-16-3-5-17(6-4-16)26-19(14-24-21(26)31)20(27)23-13-15-1-7-18(8-2-15)32(28,29)25-9-11-30-12-10-25/h1-8,14H,9-13H2,(H,23,27)(H,24,31). The molecule has 0 unspecified atom stereocenters. The molecule has 168 valence electrons. The Balaban J connectivity index is 1.45. The molecule has 1 fully saturated rings. The number of morpholine rings is 1. The zero-order chi connectivity index (χ0) is 22.7. The second-order valence-electron chi connectivity index (χ2n) is 7.13. The third kappa shape index (κ3) is 4.65. The van der Waals surface area contributed by atoms with Crippen LogP contribution >= 0.6 is 12.2 Å². The summed E-state index contributed by atoms with van der Waals surface area (Å²) in [5.74, 6) is -0.771. The Kier molecular flexibility index (Phi) is 6.51. The summed E-state index contributed by atoms with van der Waals surface area (Å²) < 4.78 is 47.1. The zero-order valence-corrected chi connectivity index (χ0v) is 18.6. The molecule has 2 heterocycles. The van der Waals surface area contributed by atoms with Crippen LogP contribution in [0.4, 0.5) is 4.39 Å². The molecular weight excluding hydrogens is 455 g/mol. The fourth-order valence-electron chi connectivity index (χ4n) is 3.37. The van der Waals surface area contributed by atoms with E-state index in [1.165, 1.54) is 51.5 Å². The van der Waals surface area contributed by atoms with Crippen LogP contribution in [0.5, 0.6) is 0 Å².